The van der Waals surface area contributed by atoms with Gasteiger partial charge in [0.05, 0.1) is 6.42 Å². The van der Waals surface area contributed by atoms with E-state index in [4.69, 9.17) is 10.8 Å². The third-order valence-corrected chi connectivity index (χ3v) is 1.67. The summed E-state index contributed by atoms with van der Waals surface area (Å²) in [6.45, 7) is 0. The number of ketones is 1. The Morgan fingerprint density at radius 3 is 2.55 bits per heavy atom. The summed E-state index contributed by atoms with van der Waals surface area (Å²) >= 11 is 0. The normalized spacial score (nSPS) is 17.6. The molecule has 0 aliphatic heterocycles. The van der Waals surface area contributed by atoms with Gasteiger partial charge in [0.15, 0.2) is 5.78 Å². The Morgan fingerprint density at radius 2 is 2.18 bits per heavy atom. The van der Waals surface area contributed by atoms with Gasteiger partial charge in [0.2, 0.25) is 0 Å². The number of aliphatic carboxylic acids is 1. The van der Waals surface area contributed by atoms with E-state index < -0.39 is 5.97 Å². The summed E-state index contributed by atoms with van der Waals surface area (Å²) in [5.41, 5.74) is 6.14. The van der Waals surface area contributed by atoms with E-state index in [2.05, 4.69) is 0 Å². The molecule has 0 atom stereocenters. The average Bonchev–Trinajstić information content (AvgIpc) is 2.18. The van der Waals surface area contributed by atoms with Crippen LogP contribution in [0.5, 0.6) is 0 Å². The van der Waals surface area contributed by atoms with Crippen LogP contribution in [0.25, 0.3) is 0 Å². The van der Waals surface area contributed by atoms with Crippen LogP contribution in [0.3, 0.4) is 0 Å². The maximum absolute atomic E-state index is 10.9. The van der Waals surface area contributed by atoms with Crippen molar-refractivity contribution in [1.29, 1.82) is 0 Å². The zero-order chi connectivity index (χ0) is 8.43. The number of carbonyl (C=O) groups excluding carboxylic acids is 1. The molecule has 0 saturated carbocycles. The standard InChI is InChI=1S/C7H9NO3/c8-5-1-2-6(9)4(5)3-7(10)11/h1-3,8H2,(H,10,11). The first-order chi connectivity index (χ1) is 5.11. The fraction of sp³-hybridized carbons (Fsp3) is 0.429. The fourth-order valence-corrected chi connectivity index (χ4v) is 1.09. The Kier molecular flexibility index (Phi) is 1.94. The van der Waals surface area contributed by atoms with Crippen LogP contribution in [-0.4, -0.2) is 16.9 Å². The number of carboxylic acids is 1. The smallest absolute Gasteiger partial charge is 0.308 e. The quantitative estimate of drug-likeness (QED) is 0.589. The highest BCUT2D eigenvalue weighted by atomic mass is 16.4. The summed E-state index contributed by atoms with van der Waals surface area (Å²) < 4.78 is 0. The Labute approximate surface area is 63.7 Å². The molecule has 0 saturated heterocycles. The summed E-state index contributed by atoms with van der Waals surface area (Å²) in [4.78, 5) is 21.1. The van der Waals surface area contributed by atoms with Crippen molar-refractivity contribution in [3.05, 3.63) is 11.3 Å². The minimum Gasteiger partial charge on any atom is -0.481 e. The van der Waals surface area contributed by atoms with Gasteiger partial charge in [-0.2, -0.15) is 0 Å². The summed E-state index contributed by atoms with van der Waals surface area (Å²) in [6, 6.07) is 0. The molecule has 1 aliphatic rings. The molecule has 0 aromatic heterocycles. The molecule has 0 spiro atoms. The van der Waals surface area contributed by atoms with Crippen molar-refractivity contribution in [2.24, 2.45) is 5.73 Å². The zero-order valence-corrected chi connectivity index (χ0v) is 5.96. The van der Waals surface area contributed by atoms with E-state index in [1.54, 1.807) is 0 Å². The average molecular weight is 155 g/mol. The van der Waals surface area contributed by atoms with Gasteiger partial charge in [0, 0.05) is 17.7 Å². The number of carboxylic acid groups (broad SMARTS) is 1. The number of Topliss-reactive ketones (excluding diaryl/α,β-unsaturated/α-hetero) is 1. The topological polar surface area (TPSA) is 80.4 Å². The third kappa shape index (κ3) is 1.58. The first kappa shape index (κ1) is 7.78. The maximum atomic E-state index is 10.9. The number of carbonyl (C=O) groups is 2. The van der Waals surface area contributed by atoms with Crippen LogP contribution in [0.4, 0.5) is 0 Å². The molecular formula is C7H9NO3. The van der Waals surface area contributed by atoms with Gasteiger partial charge in [0.25, 0.3) is 0 Å². The lowest BCUT2D eigenvalue weighted by molar-refractivity contribution is -0.136. The highest BCUT2D eigenvalue weighted by molar-refractivity contribution is 6.01. The molecule has 0 aromatic rings. The van der Waals surface area contributed by atoms with Gasteiger partial charge in [-0.1, -0.05) is 0 Å². The molecule has 1 aliphatic carbocycles. The maximum Gasteiger partial charge on any atom is 0.308 e. The van der Waals surface area contributed by atoms with Crippen LogP contribution in [0.2, 0.25) is 0 Å². The van der Waals surface area contributed by atoms with Crippen molar-refractivity contribution in [2.45, 2.75) is 19.3 Å². The van der Waals surface area contributed by atoms with Crippen molar-refractivity contribution in [3.63, 3.8) is 0 Å². The predicted octanol–water partition coefficient (Wildman–Crippen LogP) is 0.0368. The van der Waals surface area contributed by atoms with Gasteiger partial charge in [-0.25, -0.2) is 0 Å². The molecule has 0 heterocycles. The van der Waals surface area contributed by atoms with Gasteiger partial charge >= 0.3 is 5.97 Å². The lowest BCUT2D eigenvalue weighted by Crippen LogP contribution is -2.06. The van der Waals surface area contributed by atoms with Gasteiger partial charge in [-0.3, -0.25) is 9.59 Å². The molecule has 11 heavy (non-hydrogen) atoms. The van der Waals surface area contributed by atoms with Crippen LogP contribution in [0.1, 0.15) is 19.3 Å². The van der Waals surface area contributed by atoms with E-state index in [1.807, 2.05) is 0 Å². The van der Waals surface area contributed by atoms with Crippen molar-refractivity contribution in [3.8, 4) is 0 Å². The SMILES string of the molecule is NC1=C(CC(=O)O)C(=O)CC1. The highest BCUT2D eigenvalue weighted by Gasteiger charge is 2.22. The fourth-order valence-electron chi connectivity index (χ4n) is 1.09. The Bertz CT molecular complexity index is 242. The molecule has 0 aromatic carbocycles. The van der Waals surface area contributed by atoms with Gasteiger partial charge < -0.3 is 10.8 Å². The molecule has 0 fully saturated rings. The highest BCUT2D eigenvalue weighted by Crippen LogP contribution is 2.21. The van der Waals surface area contributed by atoms with E-state index in [9.17, 15) is 9.59 Å². The minimum atomic E-state index is -1.00. The van der Waals surface area contributed by atoms with Crippen LogP contribution >= 0.6 is 0 Å². The van der Waals surface area contributed by atoms with E-state index in [0.29, 0.717) is 18.5 Å². The Morgan fingerprint density at radius 1 is 1.55 bits per heavy atom. The van der Waals surface area contributed by atoms with Crippen molar-refractivity contribution < 1.29 is 14.7 Å². The molecule has 0 unspecified atom stereocenters. The summed E-state index contributed by atoms with van der Waals surface area (Å²) in [5.74, 6) is -1.12. The zero-order valence-electron chi connectivity index (χ0n) is 5.96. The van der Waals surface area contributed by atoms with Crippen molar-refractivity contribution in [1.82, 2.24) is 0 Å². The monoisotopic (exact) mass is 155 g/mol. The molecule has 4 nitrogen and oxygen atoms in total. The summed E-state index contributed by atoms with van der Waals surface area (Å²) in [6.07, 6.45) is 0.653. The molecule has 0 bridgehead atoms. The van der Waals surface area contributed by atoms with Gasteiger partial charge in [-0.05, 0) is 6.42 Å². The Balaban J connectivity index is 2.75. The van der Waals surface area contributed by atoms with E-state index >= 15 is 0 Å². The molecule has 3 N–H and O–H groups in total. The number of allylic oxidation sites excluding steroid dienone is 1. The molecule has 0 radical (unpaired) electrons. The van der Waals surface area contributed by atoms with Crippen LogP contribution in [-0.2, 0) is 9.59 Å². The van der Waals surface area contributed by atoms with Crippen LogP contribution in [0.15, 0.2) is 11.3 Å². The molecular weight excluding hydrogens is 146 g/mol. The number of hydrogen-bond acceptors (Lipinski definition) is 3. The van der Waals surface area contributed by atoms with E-state index in [0.717, 1.165) is 0 Å². The second-order valence-corrected chi connectivity index (χ2v) is 2.50. The third-order valence-electron chi connectivity index (χ3n) is 1.67. The molecule has 4 heteroatoms. The summed E-state index contributed by atoms with van der Waals surface area (Å²) in [7, 11) is 0. The lowest BCUT2D eigenvalue weighted by atomic mass is 10.1. The molecule has 60 valence electrons. The number of nitrogens with two attached hydrogens (primary N) is 1. The van der Waals surface area contributed by atoms with Gasteiger partial charge in [-0.15, -0.1) is 0 Å². The predicted molar refractivity (Wildman–Crippen MR) is 37.7 cm³/mol. The lowest BCUT2D eigenvalue weighted by Gasteiger charge is -1.95. The minimum absolute atomic E-state index is 0.120. The first-order valence-electron chi connectivity index (χ1n) is 3.33. The number of hydrogen-bond donors (Lipinski definition) is 2. The van der Waals surface area contributed by atoms with Gasteiger partial charge in [0.1, 0.15) is 0 Å². The van der Waals surface area contributed by atoms with Crippen molar-refractivity contribution >= 4 is 11.8 Å². The van der Waals surface area contributed by atoms with E-state index in [-0.39, 0.29) is 17.8 Å². The summed E-state index contributed by atoms with van der Waals surface area (Å²) in [5, 5.41) is 8.37. The Hall–Kier alpha value is -1.32. The largest absolute Gasteiger partial charge is 0.481 e. The van der Waals surface area contributed by atoms with Crippen LogP contribution in [0, 0.1) is 0 Å². The second kappa shape index (κ2) is 2.74. The molecule has 0 amide bonds. The number of rotatable bonds is 2. The van der Waals surface area contributed by atoms with Crippen LogP contribution < -0.4 is 5.73 Å². The second-order valence-electron chi connectivity index (χ2n) is 2.50. The molecule has 1 rings (SSSR count). The first-order valence-corrected chi connectivity index (χ1v) is 3.33. The van der Waals surface area contributed by atoms with Crippen molar-refractivity contribution in [2.75, 3.05) is 0 Å². The van der Waals surface area contributed by atoms with E-state index in [1.165, 1.54) is 0 Å².